The Morgan fingerprint density at radius 2 is 1.67 bits per heavy atom. The third kappa shape index (κ3) is 2.02. The van der Waals surface area contributed by atoms with Crippen LogP contribution in [0.15, 0.2) is 54.6 Å². The second-order valence-electron chi connectivity index (χ2n) is 4.64. The van der Waals surface area contributed by atoms with Crippen LogP contribution in [-0.4, -0.2) is 12.5 Å². The molecule has 2 aromatic rings. The summed E-state index contributed by atoms with van der Waals surface area (Å²) in [6.45, 7) is 0.680. The summed E-state index contributed by atoms with van der Waals surface area (Å²) in [7, 11) is 0. The second kappa shape index (κ2) is 4.65. The highest BCUT2D eigenvalue weighted by Gasteiger charge is 2.22. The first kappa shape index (κ1) is 11.0. The summed E-state index contributed by atoms with van der Waals surface area (Å²) in [5.41, 5.74) is 3.66. The molecular weight excluding hydrogens is 222 g/mol. The van der Waals surface area contributed by atoms with E-state index in [9.17, 15) is 4.79 Å². The van der Waals surface area contributed by atoms with Gasteiger partial charge in [0, 0.05) is 12.5 Å². The topological polar surface area (TPSA) is 29.1 Å². The highest BCUT2D eigenvalue weighted by Crippen LogP contribution is 2.28. The minimum absolute atomic E-state index is 0.112. The fourth-order valence-electron chi connectivity index (χ4n) is 2.58. The van der Waals surface area contributed by atoms with Crippen molar-refractivity contribution in [3.8, 4) is 0 Å². The molecule has 2 aromatic carbocycles. The van der Waals surface area contributed by atoms with Gasteiger partial charge in [0.2, 0.25) is 5.91 Å². The number of amides is 1. The van der Waals surface area contributed by atoms with Crippen LogP contribution in [-0.2, 0) is 11.2 Å². The molecule has 18 heavy (non-hydrogen) atoms. The number of carbonyl (C=O) groups is 1. The van der Waals surface area contributed by atoms with Gasteiger partial charge in [0.25, 0.3) is 0 Å². The van der Waals surface area contributed by atoms with Gasteiger partial charge in [-0.15, -0.1) is 0 Å². The number of rotatable bonds is 1. The smallest absolute Gasteiger partial charge is 0.224 e. The Bertz CT molecular complexity index is 562. The third-order valence-corrected chi connectivity index (χ3v) is 3.49. The minimum Gasteiger partial charge on any atom is -0.355 e. The maximum atomic E-state index is 11.7. The molecule has 0 saturated heterocycles. The molecule has 1 aliphatic heterocycles. The Balaban J connectivity index is 2.08. The molecule has 90 valence electrons. The standard InChI is InChI=1S/C16H15NO/c18-16-10-13-8-4-5-9-14(13)15(11-17-16)12-6-2-1-3-7-12/h1-9,15H,10-11H2,(H,17,18)/t15-/m1/s1. The molecule has 0 spiro atoms. The Labute approximate surface area is 107 Å². The van der Waals surface area contributed by atoms with Crippen molar-refractivity contribution in [1.82, 2.24) is 5.32 Å². The van der Waals surface area contributed by atoms with Gasteiger partial charge in [0.05, 0.1) is 6.42 Å². The van der Waals surface area contributed by atoms with Crippen LogP contribution < -0.4 is 5.32 Å². The molecular formula is C16H15NO. The average molecular weight is 237 g/mol. The van der Waals surface area contributed by atoms with Crippen LogP contribution >= 0.6 is 0 Å². The van der Waals surface area contributed by atoms with Crippen molar-refractivity contribution in [3.05, 3.63) is 71.3 Å². The Morgan fingerprint density at radius 3 is 2.50 bits per heavy atom. The molecule has 3 rings (SSSR count). The first-order chi connectivity index (χ1) is 8.84. The normalized spacial score (nSPS) is 18.7. The molecule has 0 bridgehead atoms. The molecule has 1 atom stereocenters. The predicted molar refractivity (Wildman–Crippen MR) is 71.4 cm³/mol. The maximum absolute atomic E-state index is 11.7. The Morgan fingerprint density at radius 1 is 0.944 bits per heavy atom. The predicted octanol–water partition coefficient (Wildman–Crippen LogP) is 2.49. The molecule has 1 aliphatic rings. The molecule has 2 nitrogen and oxygen atoms in total. The fraction of sp³-hybridized carbons (Fsp3) is 0.188. The largest absolute Gasteiger partial charge is 0.355 e. The highest BCUT2D eigenvalue weighted by atomic mass is 16.1. The van der Waals surface area contributed by atoms with Crippen LogP contribution in [0.3, 0.4) is 0 Å². The van der Waals surface area contributed by atoms with Gasteiger partial charge in [-0.25, -0.2) is 0 Å². The van der Waals surface area contributed by atoms with Crippen molar-refractivity contribution >= 4 is 5.91 Å². The van der Waals surface area contributed by atoms with Crippen LogP contribution in [0.25, 0.3) is 0 Å². The number of carbonyl (C=O) groups excluding carboxylic acids is 1. The molecule has 0 unspecified atom stereocenters. The van der Waals surface area contributed by atoms with Crippen molar-refractivity contribution in [2.24, 2.45) is 0 Å². The quantitative estimate of drug-likeness (QED) is 0.811. The zero-order valence-corrected chi connectivity index (χ0v) is 10.1. The molecule has 1 N–H and O–H groups in total. The van der Waals surface area contributed by atoms with Crippen molar-refractivity contribution in [2.45, 2.75) is 12.3 Å². The average Bonchev–Trinajstić information content (AvgIpc) is 2.58. The molecule has 0 aliphatic carbocycles. The van der Waals surface area contributed by atoms with E-state index in [-0.39, 0.29) is 11.8 Å². The van der Waals surface area contributed by atoms with E-state index < -0.39 is 0 Å². The summed E-state index contributed by atoms with van der Waals surface area (Å²) in [5, 5.41) is 3.00. The van der Waals surface area contributed by atoms with E-state index in [2.05, 4.69) is 29.6 Å². The summed E-state index contributed by atoms with van der Waals surface area (Å²) >= 11 is 0. The first-order valence-electron chi connectivity index (χ1n) is 6.24. The summed E-state index contributed by atoms with van der Waals surface area (Å²) in [6.07, 6.45) is 0.486. The molecule has 0 fully saturated rings. The van der Waals surface area contributed by atoms with Crippen molar-refractivity contribution in [2.75, 3.05) is 6.54 Å². The van der Waals surface area contributed by atoms with Gasteiger partial charge in [0.1, 0.15) is 0 Å². The summed E-state index contributed by atoms with van der Waals surface area (Å²) in [4.78, 5) is 11.7. The first-order valence-corrected chi connectivity index (χ1v) is 6.24. The molecule has 1 amide bonds. The van der Waals surface area contributed by atoms with Gasteiger partial charge in [-0.05, 0) is 16.7 Å². The maximum Gasteiger partial charge on any atom is 0.224 e. The number of hydrogen-bond acceptors (Lipinski definition) is 1. The lowest BCUT2D eigenvalue weighted by atomic mass is 9.88. The fourth-order valence-corrected chi connectivity index (χ4v) is 2.58. The van der Waals surface area contributed by atoms with Gasteiger partial charge in [0.15, 0.2) is 0 Å². The van der Waals surface area contributed by atoms with E-state index in [1.807, 2.05) is 30.3 Å². The number of nitrogens with one attached hydrogen (secondary N) is 1. The third-order valence-electron chi connectivity index (χ3n) is 3.49. The highest BCUT2D eigenvalue weighted by molar-refractivity contribution is 5.80. The van der Waals surface area contributed by atoms with Crippen LogP contribution in [0.1, 0.15) is 22.6 Å². The zero-order chi connectivity index (χ0) is 12.4. The van der Waals surface area contributed by atoms with Gasteiger partial charge < -0.3 is 5.32 Å². The van der Waals surface area contributed by atoms with E-state index in [0.29, 0.717) is 13.0 Å². The van der Waals surface area contributed by atoms with Crippen molar-refractivity contribution in [3.63, 3.8) is 0 Å². The monoisotopic (exact) mass is 237 g/mol. The van der Waals surface area contributed by atoms with E-state index in [0.717, 1.165) is 5.56 Å². The van der Waals surface area contributed by atoms with E-state index in [4.69, 9.17) is 0 Å². The van der Waals surface area contributed by atoms with E-state index in [1.54, 1.807) is 0 Å². The van der Waals surface area contributed by atoms with Gasteiger partial charge in [-0.3, -0.25) is 4.79 Å². The van der Waals surface area contributed by atoms with Crippen molar-refractivity contribution in [1.29, 1.82) is 0 Å². The Kier molecular flexibility index (Phi) is 2.85. The lowest BCUT2D eigenvalue weighted by molar-refractivity contribution is -0.120. The summed E-state index contributed by atoms with van der Waals surface area (Å²) in [6, 6.07) is 18.6. The molecule has 0 aromatic heterocycles. The van der Waals surface area contributed by atoms with Crippen LogP contribution in [0, 0.1) is 0 Å². The number of hydrogen-bond donors (Lipinski definition) is 1. The Hall–Kier alpha value is -2.09. The molecule has 2 heteroatoms. The zero-order valence-electron chi connectivity index (χ0n) is 10.1. The lowest BCUT2D eigenvalue weighted by Crippen LogP contribution is -2.26. The van der Waals surface area contributed by atoms with Gasteiger partial charge in [-0.2, -0.15) is 0 Å². The van der Waals surface area contributed by atoms with Gasteiger partial charge >= 0.3 is 0 Å². The second-order valence-corrected chi connectivity index (χ2v) is 4.64. The minimum atomic E-state index is 0.112. The summed E-state index contributed by atoms with van der Waals surface area (Å²) < 4.78 is 0. The van der Waals surface area contributed by atoms with Crippen LogP contribution in [0.4, 0.5) is 0 Å². The van der Waals surface area contributed by atoms with Crippen LogP contribution in [0.5, 0.6) is 0 Å². The molecule has 0 radical (unpaired) electrons. The SMILES string of the molecule is O=C1Cc2ccccc2[C@@H](c2ccccc2)CN1. The van der Waals surface area contributed by atoms with Crippen LogP contribution in [0.2, 0.25) is 0 Å². The number of benzene rings is 2. The lowest BCUT2D eigenvalue weighted by Gasteiger charge is -2.17. The van der Waals surface area contributed by atoms with E-state index in [1.165, 1.54) is 11.1 Å². The molecule has 0 saturated carbocycles. The number of fused-ring (bicyclic) bond motifs is 1. The van der Waals surface area contributed by atoms with E-state index >= 15 is 0 Å². The van der Waals surface area contributed by atoms with Crippen molar-refractivity contribution < 1.29 is 4.79 Å². The molecule has 1 heterocycles. The summed E-state index contributed by atoms with van der Waals surface area (Å²) in [5.74, 6) is 0.370. The van der Waals surface area contributed by atoms with Gasteiger partial charge in [-0.1, -0.05) is 54.6 Å².